The molecule has 5 nitrogen and oxygen atoms in total. The molecule has 0 radical (unpaired) electrons. The highest BCUT2D eigenvalue weighted by atomic mass is 35.5. The van der Waals surface area contributed by atoms with E-state index >= 15 is 0 Å². The van der Waals surface area contributed by atoms with E-state index in [4.69, 9.17) is 4.74 Å². The van der Waals surface area contributed by atoms with Gasteiger partial charge < -0.3 is 15.4 Å². The third kappa shape index (κ3) is 5.79. The van der Waals surface area contributed by atoms with Gasteiger partial charge in [-0.1, -0.05) is 19.1 Å². The molecular formula is C18H28Cl2FN3O2. The average Bonchev–Trinajstić information content (AvgIpc) is 2.54. The average molecular weight is 408 g/mol. The number of carbonyl (C=O) groups excluding carboxylic acids is 1. The highest BCUT2D eigenvalue weighted by Crippen LogP contribution is 2.23. The molecule has 26 heavy (non-hydrogen) atoms. The lowest BCUT2D eigenvalue weighted by molar-refractivity contribution is -0.127. The Morgan fingerprint density at radius 1 is 1.35 bits per heavy atom. The van der Waals surface area contributed by atoms with Crippen LogP contribution in [-0.2, 0) is 9.53 Å². The van der Waals surface area contributed by atoms with Gasteiger partial charge in [-0.25, -0.2) is 4.39 Å². The lowest BCUT2D eigenvalue weighted by atomic mass is 9.88. The second-order valence-electron chi connectivity index (χ2n) is 6.67. The molecule has 2 saturated heterocycles. The molecule has 2 heterocycles. The van der Waals surface area contributed by atoms with Crippen molar-refractivity contribution < 1.29 is 13.9 Å². The van der Waals surface area contributed by atoms with Crippen LogP contribution in [0.25, 0.3) is 0 Å². The predicted octanol–water partition coefficient (Wildman–Crippen LogP) is 2.01. The molecule has 1 amide bonds. The van der Waals surface area contributed by atoms with Gasteiger partial charge in [-0.15, -0.1) is 24.8 Å². The van der Waals surface area contributed by atoms with Crippen molar-refractivity contribution >= 4 is 30.7 Å². The van der Waals surface area contributed by atoms with Crippen molar-refractivity contribution in [2.45, 2.75) is 13.0 Å². The van der Waals surface area contributed by atoms with E-state index in [0.29, 0.717) is 25.7 Å². The number of carbonyl (C=O) groups is 1. The molecule has 2 aliphatic heterocycles. The Morgan fingerprint density at radius 2 is 2.04 bits per heavy atom. The number of benzene rings is 1. The summed E-state index contributed by atoms with van der Waals surface area (Å²) in [7, 11) is 0. The second kappa shape index (κ2) is 11.0. The van der Waals surface area contributed by atoms with E-state index < -0.39 is 0 Å². The number of ether oxygens (including phenoxy) is 1. The highest BCUT2D eigenvalue weighted by molar-refractivity contribution is 5.85. The molecule has 0 bridgehead atoms. The Balaban J connectivity index is 0.00000169. The third-order valence-corrected chi connectivity index (χ3v) is 5.12. The fourth-order valence-corrected chi connectivity index (χ4v) is 3.30. The minimum absolute atomic E-state index is 0. The molecule has 2 N–H and O–H groups in total. The molecule has 0 spiro atoms. The van der Waals surface area contributed by atoms with E-state index in [1.54, 1.807) is 12.1 Å². The molecule has 3 rings (SSSR count). The van der Waals surface area contributed by atoms with Crippen molar-refractivity contribution in [1.29, 1.82) is 0 Å². The SMILES string of the molecule is CC(C(=O)NCC(c1cccc(F)c1)N1CCOCC1)C1CNC1.Cl.Cl. The van der Waals surface area contributed by atoms with E-state index in [2.05, 4.69) is 15.5 Å². The summed E-state index contributed by atoms with van der Waals surface area (Å²) < 4.78 is 19.1. The molecule has 1 aromatic rings. The van der Waals surface area contributed by atoms with E-state index in [-0.39, 0.29) is 48.5 Å². The number of nitrogens with one attached hydrogen (secondary N) is 2. The number of nitrogens with zero attached hydrogens (tertiary/aromatic N) is 1. The van der Waals surface area contributed by atoms with Crippen LogP contribution in [0.4, 0.5) is 4.39 Å². The summed E-state index contributed by atoms with van der Waals surface area (Å²) in [6.45, 7) is 7.21. The summed E-state index contributed by atoms with van der Waals surface area (Å²) in [6.07, 6.45) is 0. The molecular weight excluding hydrogens is 380 g/mol. The number of hydrogen-bond acceptors (Lipinski definition) is 4. The van der Waals surface area contributed by atoms with Gasteiger partial charge in [-0.2, -0.15) is 0 Å². The van der Waals surface area contributed by atoms with Crippen molar-refractivity contribution in [3.05, 3.63) is 35.6 Å². The van der Waals surface area contributed by atoms with Crippen LogP contribution >= 0.6 is 24.8 Å². The molecule has 148 valence electrons. The van der Waals surface area contributed by atoms with Gasteiger partial charge >= 0.3 is 0 Å². The smallest absolute Gasteiger partial charge is 0.223 e. The molecule has 8 heteroatoms. The van der Waals surface area contributed by atoms with Gasteiger partial charge in [0.1, 0.15) is 5.82 Å². The first-order valence-electron chi connectivity index (χ1n) is 8.71. The maximum Gasteiger partial charge on any atom is 0.223 e. The lowest BCUT2D eigenvalue weighted by Gasteiger charge is -2.36. The Hall–Kier alpha value is -0.920. The molecule has 2 fully saturated rings. The number of rotatable bonds is 6. The van der Waals surface area contributed by atoms with Crippen LogP contribution < -0.4 is 10.6 Å². The van der Waals surface area contributed by atoms with E-state index in [9.17, 15) is 9.18 Å². The molecule has 0 aromatic heterocycles. The number of halogens is 3. The normalized spacial score (nSPS) is 20.1. The van der Waals surface area contributed by atoms with Crippen LogP contribution in [0.5, 0.6) is 0 Å². The molecule has 2 unspecified atom stereocenters. The first kappa shape index (κ1) is 23.1. The predicted molar refractivity (Wildman–Crippen MR) is 105 cm³/mol. The van der Waals surface area contributed by atoms with E-state index in [1.165, 1.54) is 6.07 Å². The van der Waals surface area contributed by atoms with Crippen molar-refractivity contribution in [1.82, 2.24) is 15.5 Å². The van der Waals surface area contributed by atoms with Crippen LogP contribution in [0, 0.1) is 17.7 Å². The standard InChI is InChI=1S/C18H26FN3O2.2ClH/c1-13(15-10-20-11-15)18(23)21-12-17(22-5-7-24-8-6-22)14-3-2-4-16(19)9-14;;/h2-4,9,13,15,17,20H,5-8,10-12H2,1H3,(H,21,23);2*1H. The van der Waals surface area contributed by atoms with E-state index in [0.717, 1.165) is 31.7 Å². The second-order valence-corrected chi connectivity index (χ2v) is 6.67. The van der Waals surface area contributed by atoms with Gasteiger partial charge in [0.05, 0.1) is 19.3 Å². The zero-order valence-corrected chi connectivity index (χ0v) is 16.6. The van der Waals surface area contributed by atoms with Crippen molar-refractivity contribution in [3.63, 3.8) is 0 Å². The quantitative estimate of drug-likeness (QED) is 0.757. The first-order chi connectivity index (χ1) is 11.6. The lowest BCUT2D eigenvalue weighted by Crippen LogP contribution is -2.51. The first-order valence-corrected chi connectivity index (χ1v) is 8.71. The van der Waals surface area contributed by atoms with Crippen LogP contribution in [0.2, 0.25) is 0 Å². The van der Waals surface area contributed by atoms with Gasteiger partial charge in [0.25, 0.3) is 0 Å². The Bertz CT molecular complexity index is 569. The highest BCUT2D eigenvalue weighted by Gasteiger charge is 2.30. The summed E-state index contributed by atoms with van der Waals surface area (Å²) in [5.41, 5.74) is 0.898. The van der Waals surface area contributed by atoms with Crippen LogP contribution in [0.15, 0.2) is 24.3 Å². The molecule has 0 saturated carbocycles. The van der Waals surface area contributed by atoms with Gasteiger partial charge in [0.15, 0.2) is 0 Å². The van der Waals surface area contributed by atoms with Crippen LogP contribution in [-0.4, -0.2) is 56.7 Å². The number of hydrogen-bond donors (Lipinski definition) is 2. The number of amides is 1. The minimum Gasteiger partial charge on any atom is -0.379 e. The van der Waals surface area contributed by atoms with Gasteiger partial charge in [0.2, 0.25) is 5.91 Å². The minimum atomic E-state index is -0.244. The molecule has 2 atom stereocenters. The summed E-state index contributed by atoms with van der Waals surface area (Å²) in [6, 6.07) is 6.63. The monoisotopic (exact) mass is 407 g/mol. The summed E-state index contributed by atoms with van der Waals surface area (Å²) in [5, 5.41) is 6.28. The van der Waals surface area contributed by atoms with Crippen molar-refractivity contribution in [2.24, 2.45) is 11.8 Å². The fraction of sp³-hybridized carbons (Fsp3) is 0.611. The summed E-state index contributed by atoms with van der Waals surface area (Å²) in [5.74, 6) is 0.257. The zero-order chi connectivity index (χ0) is 16.9. The van der Waals surface area contributed by atoms with Gasteiger partial charge in [-0.3, -0.25) is 9.69 Å². The third-order valence-electron chi connectivity index (χ3n) is 5.12. The maximum atomic E-state index is 13.6. The van der Waals surface area contributed by atoms with Crippen molar-refractivity contribution in [2.75, 3.05) is 45.9 Å². The Labute approximate surface area is 166 Å². The van der Waals surface area contributed by atoms with Crippen molar-refractivity contribution in [3.8, 4) is 0 Å². The Kier molecular flexibility index (Phi) is 9.82. The number of morpholine rings is 1. The van der Waals surface area contributed by atoms with E-state index in [1.807, 2.05) is 13.0 Å². The largest absolute Gasteiger partial charge is 0.379 e. The molecule has 2 aliphatic rings. The molecule has 0 aliphatic carbocycles. The van der Waals surface area contributed by atoms with Gasteiger partial charge in [0, 0.05) is 25.6 Å². The summed E-state index contributed by atoms with van der Waals surface area (Å²) in [4.78, 5) is 14.7. The van der Waals surface area contributed by atoms with Crippen LogP contribution in [0.3, 0.4) is 0 Å². The van der Waals surface area contributed by atoms with Crippen LogP contribution in [0.1, 0.15) is 18.5 Å². The summed E-state index contributed by atoms with van der Waals surface area (Å²) >= 11 is 0. The molecule has 1 aromatic carbocycles. The maximum absolute atomic E-state index is 13.6. The Morgan fingerprint density at radius 3 is 2.62 bits per heavy atom. The topological polar surface area (TPSA) is 53.6 Å². The van der Waals surface area contributed by atoms with Gasteiger partial charge in [-0.05, 0) is 36.7 Å². The fourth-order valence-electron chi connectivity index (χ4n) is 3.30. The zero-order valence-electron chi connectivity index (χ0n) is 14.9.